The lowest BCUT2D eigenvalue weighted by molar-refractivity contribution is 0.149. The number of hydrogen-bond donors (Lipinski definition) is 1. The van der Waals surface area contributed by atoms with Gasteiger partial charge in [-0.15, -0.1) is 0 Å². The Hall–Kier alpha value is -1.46. The second-order valence-corrected chi connectivity index (χ2v) is 6.51. The summed E-state index contributed by atoms with van der Waals surface area (Å²) in [5.41, 5.74) is 0.498. The van der Waals surface area contributed by atoms with E-state index in [1.54, 1.807) is 6.92 Å². The van der Waals surface area contributed by atoms with E-state index < -0.39 is 10.0 Å². The summed E-state index contributed by atoms with van der Waals surface area (Å²) >= 11 is 0. The van der Waals surface area contributed by atoms with Gasteiger partial charge in [0, 0.05) is 44.6 Å². The number of pyridine rings is 1. The molecule has 1 N–H and O–H groups in total. The molecule has 0 radical (unpaired) electrons. The maximum atomic E-state index is 12.5. The maximum Gasteiger partial charge on any atom is 0.244 e. The molecule has 0 aliphatic carbocycles. The third kappa shape index (κ3) is 4.79. The van der Waals surface area contributed by atoms with Crippen LogP contribution in [0.2, 0.25) is 0 Å². The largest absolute Gasteiger partial charge is 0.395 e. The molecule has 7 heteroatoms. The number of methoxy groups -OCH3 is 1. The van der Waals surface area contributed by atoms with Crippen LogP contribution in [0.5, 0.6) is 0 Å². The molecule has 0 amide bonds. The van der Waals surface area contributed by atoms with Gasteiger partial charge in [-0.1, -0.05) is 11.8 Å². The molecule has 0 saturated carbocycles. The van der Waals surface area contributed by atoms with Crippen LogP contribution < -0.4 is 0 Å². The molecule has 1 atom stereocenters. The van der Waals surface area contributed by atoms with Crippen molar-refractivity contribution in [3.05, 3.63) is 24.0 Å². The number of ether oxygens (including phenoxy) is 1. The minimum absolute atomic E-state index is 0.0321. The predicted molar refractivity (Wildman–Crippen MR) is 79.1 cm³/mol. The van der Waals surface area contributed by atoms with Gasteiger partial charge >= 0.3 is 0 Å². The molecule has 0 aliphatic heterocycles. The zero-order chi connectivity index (χ0) is 15.9. The van der Waals surface area contributed by atoms with Gasteiger partial charge in [-0.3, -0.25) is 4.98 Å². The van der Waals surface area contributed by atoms with Crippen molar-refractivity contribution in [1.82, 2.24) is 9.29 Å². The lowest BCUT2D eigenvalue weighted by Gasteiger charge is -2.23. The average Bonchev–Trinajstić information content (AvgIpc) is 2.47. The topological polar surface area (TPSA) is 79.7 Å². The first-order valence-electron chi connectivity index (χ1n) is 6.45. The summed E-state index contributed by atoms with van der Waals surface area (Å²) in [6, 6.07) is 1.19. The molecule has 0 aromatic carbocycles. The van der Waals surface area contributed by atoms with E-state index in [1.807, 2.05) is 0 Å². The van der Waals surface area contributed by atoms with Crippen LogP contribution in [0.15, 0.2) is 23.4 Å². The second kappa shape index (κ2) is 8.10. The molecular weight excluding hydrogens is 292 g/mol. The first-order valence-corrected chi connectivity index (χ1v) is 7.89. The Kier molecular flexibility index (Phi) is 6.78. The van der Waals surface area contributed by atoms with Crippen LogP contribution in [0, 0.1) is 11.8 Å². The zero-order valence-corrected chi connectivity index (χ0v) is 13.2. The number of hydrogen-bond acceptors (Lipinski definition) is 5. The molecule has 6 nitrogen and oxygen atoms in total. The van der Waals surface area contributed by atoms with Gasteiger partial charge in [0.2, 0.25) is 10.0 Å². The SMILES string of the molecule is COCC(C)N(C)S(=O)(=O)c1cncc(C#CCCO)c1. The quantitative estimate of drug-likeness (QED) is 0.773. The Morgan fingerprint density at radius 2 is 2.19 bits per heavy atom. The second-order valence-electron chi connectivity index (χ2n) is 4.51. The first-order chi connectivity index (χ1) is 9.93. The highest BCUT2D eigenvalue weighted by atomic mass is 32.2. The molecule has 0 fully saturated rings. The van der Waals surface area contributed by atoms with Gasteiger partial charge in [0.1, 0.15) is 4.90 Å². The van der Waals surface area contributed by atoms with Crippen LogP contribution in [0.3, 0.4) is 0 Å². The Morgan fingerprint density at radius 3 is 2.81 bits per heavy atom. The summed E-state index contributed by atoms with van der Waals surface area (Å²) in [6.45, 7) is 2.04. The maximum absolute atomic E-state index is 12.5. The van der Waals surface area contributed by atoms with Crippen molar-refractivity contribution in [3.63, 3.8) is 0 Å². The first kappa shape index (κ1) is 17.6. The predicted octanol–water partition coefficient (Wildman–Crippen LogP) is 0.471. The number of sulfonamides is 1. The van der Waals surface area contributed by atoms with Crippen molar-refractivity contribution in [2.45, 2.75) is 24.3 Å². The number of aromatic nitrogens is 1. The summed E-state index contributed by atoms with van der Waals surface area (Å²) in [6.07, 6.45) is 3.12. The van der Waals surface area contributed by atoms with Crippen LogP contribution in [0.1, 0.15) is 18.9 Å². The molecule has 0 spiro atoms. The van der Waals surface area contributed by atoms with Crippen LogP contribution >= 0.6 is 0 Å². The van der Waals surface area contributed by atoms with Crippen molar-refractivity contribution in [1.29, 1.82) is 0 Å². The van der Waals surface area contributed by atoms with Crippen LogP contribution in [-0.4, -0.2) is 56.2 Å². The van der Waals surface area contributed by atoms with E-state index >= 15 is 0 Å². The Bertz CT molecular complexity index is 619. The average molecular weight is 312 g/mol. The molecule has 0 bridgehead atoms. The van der Waals surface area contributed by atoms with Crippen molar-refractivity contribution < 1.29 is 18.3 Å². The van der Waals surface area contributed by atoms with Gasteiger partial charge in [-0.25, -0.2) is 8.42 Å². The fourth-order valence-corrected chi connectivity index (χ4v) is 2.94. The standard InChI is InChI=1S/C14H20N2O4S/c1-12(11-20-3)16(2)21(18,19)14-8-13(9-15-10-14)6-4-5-7-17/h8-10,12,17H,5,7,11H2,1-3H3. The summed E-state index contributed by atoms with van der Waals surface area (Å²) in [4.78, 5) is 4.00. The van der Waals surface area contributed by atoms with Gasteiger partial charge in [0.25, 0.3) is 0 Å². The summed E-state index contributed by atoms with van der Waals surface area (Å²) < 4.78 is 31.2. The van der Waals surface area contributed by atoms with Crippen molar-refractivity contribution in [3.8, 4) is 11.8 Å². The smallest absolute Gasteiger partial charge is 0.244 e. The number of aliphatic hydroxyl groups excluding tert-OH is 1. The molecule has 116 valence electrons. The van der Waals surface area contributed by atoms with Gasteiger partial charge in [-0.2, -0.15) is 4.31 Å². The lowest BCUT2D eigenvalue weighted by atomic mass is 10.3. The molecule has 1 heterocycles. The van der Waals surface area contributed by atoms with Crippen molar-refractivity contribution in [2.24, 2.45) is 0 Å². The van der Waals surface area contributed by atoms with E-state index in [2.05, 4.69) is 16.8 Å². The Balaban J connectivity index is 3.04. The third-order valence-electron chi connectivity index (χ3n) is 2.89. The summed E-state index contributed by atoms with van der Waals surface area (Å²) in [5, 5.41) is 8.68. The molecule has 1 rings (SSSR count). The van der Waals surface area contributed by atoms with E-state index in [9.17, 15) is 8.42 Å². The van der Waals surface area contributed by atoms with Crippen molar-refractivity contribution in [2.75, 3.05) is 27.4 Å². The minimum Gasteiger partial charge on any atom is -0.395 e. The number of nitrogens with zero attached hydrogens (tertiary/aromatic N) is 2. The van der Waals surface area contributed by atoms with E-state index in [-0.39, 0.29) is 17.5 Å². The van der Waals surface area contributed by atoms with Crippen LogP contribution in [0.4, 0.5) is 0 Å². The van der Waals surface area contributed by atoms with Gasteiger partial charge in [0.15, 0.2) is 0 Å². The molecule has 21 heavy (non-hydrogen) atoms. The molecule has 0 saturated heterocycles. The molecule has 1 aromatic heterocycles. The van der Waals surface area contributed by atoms with Crippen LogP contribution in [0.25, 0.3) is 0 Å². The van der Waals surface area contributed by atoms with Gasteiger partial charge < -0.3 is 9.84 Å². The number of aliphatic hydroxyl groups is 1. The third-order valence-corrected chi connectivity index (χ3v) is 4.83. The monoisotopic (exact) mass is 312 g/mol. The Morgan fingerprint density at radius 1 is 1.48 bits per heavy atom. The number of likely N-dealkylation sites (N-methyl/N-ethyl adjacent to an activating group) is 1. The highest BCUT2D eigenvalue weighted by Crippen LogP contribution is 2.16. The molecule has 1 unspecified atom stereocenters. The number of rotatable bonds is 6. The fourth-order valence-electron chi connectivity index (χ4n) is 1.60. The molecule has 1 aromatic rings. The fraction of sp³-hybridized carbons (Fsp3) is 0.500. The normalized spacial score (nSPS) is 12.8. The van der Waals surface area contributed by atoms with Crippen LogP contribution in [-0.2, 0) is 14.8 Å². The van der Waals surface area contributed by atoms with Gasteiger partial charge in [0.05, 0.1) is 13.2 Å². The molecule has 0 aliphatic rings. The molecular formula is C14H20N2O4S. The highest BCUT2D eigenvalue weighted by Gasteiger charge is 2.25. The highest BCUT2D eigenvalue weighted by molar-refractivity contribution is 7.89. The van der Waals surface area contributed by atoms with Gasteiger partial charge in [-0.05, 0) is 13.0 Å². The summed E-state index contributed by atoms with van der Waals surface area (Å²) in [7, 11) is -0.613. The van der Waals surface area contributed by atoms with E-state index in [1.165, 1.54) is 36.9 Å². The minimum atomic E-state index is -3.64. The van der Waals surface area contributed by atoms with E-state index in [0.717, 1.165) is 0 Å². The zero-order valence-electron chi connectivity index (χ0n) is 12.4. The lowest BCUT2D eigenvalue weighted by Crippen LogP contribution is -2.37. The van der Waals surface area contributed by atoms with E-state index in [4.69, 9.17) is 9.84 Å². The Labute approximate surface area is 125 Å². The summed E-state index contributed by atoms with van der Waals surface area (Å²) in [5.74, 6) is 5.51. The van der Waals surface area contributed by atoms with E-state index in [0.29, 0.717) is 18.6 Å². The van der Waals surface area contributed by atoms with Crippen molar-refractivity contribution >= 4 is 10.0 Å².